The molecule has 0 aliphatic carbocycles. The SMILES string of the molecule is COCCn1nnnc1[C@H](c1cc2cc(OC)c(OC)cc2[nH]c1=O)N(Cc1cccs1)C[C@H]1CCCO1. The largest absolute Gasteiger partial charge is 0.493 e. The molecule has 1 N–H and O–H groups in total. The number of hydrogen-bond donors (Lipinski definition) is 1. The van der Waals surface area contributed by atoms with Crippen molar-refractivity contribution < 1.29 is 18.9 Å². The van der Waals surface area contributed by atoms with Crippen molar-refractivity contribution in [3.63, 3.8) is 0 Å². The van der Waals surface area contributed by atoms with E-state index in [1.165, 1.54) is 4.88 Å². The third-order valence-electron chi connectivity index (χ3n) is 6.75. The lowest BCUT2D eigenvalue weighted by atomic mass is 10.0. The number of nitrogens with zero attached hydrogens (tertiary/aromatic N) is 5. The molecule has 12 heteroatoms. The highest BCUT2D eigenvalue weighted by Gasteiger charge is 2.33. The lowest BCUT2D eigenvalue weighted by molar-refractivity contribution is 0.0573. The van der Waals surface area contributed by atoms with Crippen LogP contribution >= 0.6 is 11.3 Å². The Balaban J connectivity index is 1.66. The normalized spacial score (nSPS) is 16.4. The zero-order valence-corrected chi connectivity index (χ0v) is 22.6. The van der Waals surface area contributed by atoms with Gasteiger partial charge in [0.15, 0.2) is 17.3 Å². The highest BCUT2D eigenvalue weighted by atomic mass is 32.1. The Hall–Kier alpha value is -3.32. The molecule has 1 aromatic carbocycles. The van der Waals surface area contributed by atoms with Gasteiger partial charge in [0.1, 0.15) is 6.04 Å². The summed E-state index contributed by atoms with van der Waals surface area (Å²) >= 11 is 1.68. The number of ether oxygens (including phenoxy) is 4. The van der Waals surface area contributed by atoms with Crippen LogP contribution in [0.5, 0.6) is 11.5 Å². The molecule has 38 heavy (non-hydrogen) atoms. The molecule has 202 valence electrons. The molecule has 1 aliphatic rings. The molecule has 0 unspecified atom stereocenters. The van der Waals surface area contributed by atoms with Gasteiger partial charge in [-0.3, -0.25) is 9.69 Å². The number of aromatic amines is 1. The Bertz CT molecular complexity index is 1400. The summed E-state index contributed by atoms with van der Waals surface area (Å²) in [5.41, 5.74) is 0.963. The van der Waals surface area contributed by atoms with Crippen molar-refractivity contribution in [2.45, 2.75) is 38.1 Å². The second kappa shape index (κ2) is 12.0. The highest BCUT2D eigenvalue weighted by molar-refractivity contribution is 7.09. The first-order valence-corrected chi connectivity index (χ1v) is 13.4. The molecule has 0 bridgehead atoms. The van der Waals surface area contributed by atoms with Gasteiger partial charge in [-0.15, -0.1) is 16.4 Å². The summed E-state index contributed by atoms with van der Waals surface area (Å²) < 4.78 is 24.0. The maximum Gasteiger partial charge on any atom is 0.253 e. The van der Waals surface area contributed by atoms with Gasteiger partial charge in [-0.05, 0) is 46.8 Å². The summed E-state index contributed by atoms with van der Waals surface area (Å²) in [6.45, 7) is 2.88. The topological polar surface area (TPSA) is 117 Å². The van der Waals surface area contributed by atoms with E-state index in [9.17, 15) is 4.79 Å². The lowest BCUT2D eigenvalue weighted by Crippen LogP contribution is -2.39. The van der Waals surface area contributed by atoms with Crippen molar-refractivity contribution in [1.29, 1.82) is 0 Å². The molecule has 0 saturated carbocycles. The molecule has 1 fully saturated rings. The smallest absolute Gasteiger partial charge is 0.253 e. The first-order chi connectivity index (χ1) is 18.6. The van der Waals surface area contributed by atoms with E-state index < -0.39 is 6.04 Å². The summed E-state index contributed by atoms with van der Waals surface area (Å²) in [6.07, 6.45) is 2.05. The van der Waals surface area contributed by atoms with Crippen LogP contribution in [0.2, 0.25) is 0 Å². The Labute approximate surface area is 224 Å². The van der Waals surface area contributed by atoms with E-state index in [1.807, 2.05) is 18.2 Å². The van der Waals surface area contributed by atoms with Gasteiger partial charge in [0.25, 0.3) is 5.56 Å². The minimum absolute atomic E-state index is 0.0599. The minimum atomic E-state index is -0.533. The standard InChI is InChI=1S/C26H32N6O5S/c1-34-10-8-32-25(28-29-30-32)24(31(15-18-6-4-9-37-18)16-19-7-5-11-38-19)20-12-17-13-22(35-2)23(36-3)14-21(17)27-26(20)33/h5,7,11-14,18,24H,4,6,8-10,15-16H2,1-3H3,(H,27,33)/t18-,24+/m1/s1. The number of nitrogens with one attached hydrogen (secondary N) is 1. The van der Waals surface area contributed by atoms with Crippen LogP contribution < -0.4 is 15.0 Å². The van der Waals surface area contributed by atoms with E-state index in [2.05, 4.69) is 36.9 Å². The summed E-state index contributed by atoms with van der Waals surface area (Å²) in [5.74, 6) is 1.69. The van der Waals surface area contributed by atoms with Gasteiger partial charge >= 0.3 is 0 Å². The van der Waals surface area contributed by atoms with Crippen LogP contribution in [0.3, 0.4) is 0 Å². The van der Waals surface area contributed by atoms with Crippen LogP contribution in [0.25, 0.3) is 10.9 Å². The Morgan fingerprint density at radius 3 is 2.79 bits per heavy atom. The fourth-order valence-electron chi connectivity index (χ4n) is 4.91. The van der Waals surface area contributed by atoms with E-state index in [-0.39, 0.29) is 11.7 Å². The molecule has 1 aliphatic heterocycles. The summed E-state index contributed by atoms with van der Waals surface area (Å²) in [4.78, 5) is 20.2. The summed E-state index contributed by atoms with van der Waals surface area (Å²) in [6, 6.07) is 9.13. The quantitative estimate of drug-likeness (QED) is 0.289. The predicted molar refractivity (Wildman–Crippen MR) is 143 cm³/mol. The maximum absolute atomic E-state index is 13.7. The van der Waals surface area contributed by atoms with Crippen molar-refractivity contribution in [2.24, 2.45) is 0 Å². The summed E-state index contributed by atoms with van der Waals surface area (Å²) in [7, 11) is 4.80. The number of aromatic nitrogens is 5. The number of fused-ring (bicyclic) bond motifs is 1. The molecule has 5 rings (SSSR count). The number of methoxy groups -OCH3 is 3. The van der Waals surface area contributed by atoms with Crippen molar-refractivity contribution in [1.82, 2.24) is 30.1 Å². The zero-order valence-electron chi connectivity index (χ0n) is 21.8. The van der Waals surface area contributed by atoms with Gasteiger partial charge in [-0.25, -0.2) is 4.68 Å². The van der Waals surface area contributed by atoms with Crippen LogP contribution in [-0.2, 0) is 22.6 Å². The number of pyridine rings is 1. The Kier molecular flexibility index (Phi) is 8.32. The number of thiophene rings is 1. The Morgan fingerprint density at radius 2 is 2.08 bits per heavy atom. The molecule has 4 heterocycles. The number of benzene rings is 1. The first-order valence-electron chi connectivity index (χ1n) is 12.5. The molecule has 2 atom stereocenters. The number of tetrazole rings is 1. The van der Waals surface area contributed by atoms with E-state index in [4.69, 9.17) is 18.9 Å². The molecule has 4 aromatic rings. The maximum atomic E-state index is 13.7. The molecular weight excluding hydrogens is 508 g/mol. The van der Waals surface area contributed by atoms with E-state index >= 15 is 0 Å². The molecule has 0 spiro atoms. The van der Waals surface area contributed by atoms with E-state index in [1.54, 1.807) is 43.4 Å². The number of H-pyrrole nitrogens is 1. The van der Waals surface area contributed by atoms with E-state index in [0.29, 0.717) is 54.6 Å². The molecule has 3 aromatic heterocycles. The number of rotatable bonds is 12. The monoisotopic (exact) mass is 540 g/mol. The van der Waals surface area contributed by atoms with Gasteiger partial charge < -0.3 is 23.9 Å². The molecular formula is C26H32N6O5S. The van der Waals surface area contributed by atoms with Crippen LogP contribution in [-0.4, -0.2) is 77.3 Å². The third-order valence-corrected chi connectivity index (χ3v) is 7.61. The van der Waals surface area contributed by atoms with Crippen LogP contribution in [0, 0.1) is 0 Å². The van der Waals surface area contributed by atoms with Crippen LogP contribution in [0.1, 0.15) is 35.1 Å². The van der Waals surface area contributed by atoms with E-state index in [0.717, 1.165) is 24.8 Å². The lowest BCUT2D eigenvalue weighted by Gasteiger charge is -2.32. The fraction of sp³-hybridized carbons (Fsp3) is 0.462. The van der Waals surface area contributed by atoms with Crippen LogP contribution in [0.15, 0.2) is 40.5 Å². The molecule has 0 radical (unpaired) electrons. The predicted octanol–water partition coefficient (Wildman–Crippen LogP) is 3.01. The zero-order chi connectivity index (χ0) is 26.5. The molecule has 0 amide bonds. The van der Waals surface area contributed by atoms with Crippen molar-refractivity contribution >= 4 is 22.2 Å². The number of hydrogen-bond acceptors (Lipinski definition) is 10. The average molecular weight is 541 g/mol. The van der Waals surface area contributed by atoms with Gasteiger partial charge in [-0.2, -0.15) is 0 Å². The van der Waals surface area contributed by atoms with Crippen molar-refractivity contribution in [2.75, 3.05) is 41.1 Å². The van der Waals surface area contributed by atoms with Gasteiger partial charge in [0.2, 0.25) is 0 Å². The average Bonchev–Trinajstić information content (AvgIpc) is 3.71. The minimum Gasteiger partial charge on any atom is -0.493 e. The second-order valence-electron chi connectivity index (χ2n) is 9.15. The Morgan fingerprint density at radius 1 is 1.24 bits per heavy atom. The summed E-state index contributed by atoms with van der Waals surface area (Å²) in [5, 5.41) is 15.5. The van der Waals surface area contributed by atoms with Crippen molar-refractivity contribution in [3.8, 4) is 11.5 Å². The first kappa shape index (κ1) is 26.3. The van der Waals surface area contributed by atoms with Gasteiger partial charge in [0.05, 0.1) is 39.0 Å². The highest BCUT2D eigenvalue weighted by Crippen LogP contribution is 2.34. The third kappa shape index (κ3) is 5.58. The molecule has 1 saturated heterocycles. The molecule has 11 nitrogen and oxygen atoms in total. The fourth-order valence-corrected chi connectivity index (χ4v) is 5.64. The second-order valence-corrected chi connectivity index (χ2v) is 10.2. The van der Waals surface area contributed by atoms with Crippen LogP contribution in [0.4, 0.5) is 0 Å². The van der Waals surface area contributed by atoms with Gasteiger partial charge in [0, 0.05) is 48.7 Å². The van der Waals surface area contributed by atoms with Gasteiger partial charge in [-0.1, -0.05) is 6.07 Å². The van der Waals surface area contributed by atoms with Crippen molar-refractivity contribution in [3.05, 3.63) is 62.3 Å².